The first kappa shape index (κ1) is 13.2. The van der Waals surface area contributed by atoms with E-state index < -0.39 is 0 Å². The first-order chi connectivity index (χ1) is 11.7. The van der Waals surface area contributed by atoms with Crippen LogP contribution in [0.5, 0.6) is 23.0 Å². The number of carbonyl (C=O) groups excluding carboxylic acids is 1. The molecule has 1 aliphatic carbocycles. The number of aromatic nitrogens is 1. The topological polar surface area (TPSA) is 77.9 Å². The quantitative estimate of drug-likeness (QED) is 0.581. The Balaban J connectivity index is 2.05. The fourth-order valence-electron chi connectivity index (χ4n) is 3.44. The van der Waals surface area contributed by atoms with E-state index in [1.54, 1.807) is 6.20 Å². The lowest BCUT2D eigenvalue weighted by molar-refractivity contribution is 0.103. The van der Waals surface area contributed by atoms with Gasteiger partial charge in [0, 0.05) is 34.3 Å². The number of fused-ring (bicyclic) bond motifs is 4. The number of methoxy groups -OCH3 is 1. The lowest BCUT2D eigenvalue weighted by Gasteiger charge is -2.22. The maximum atomic E-state index is 12.9. The number of aromatic hydroxyl groups is 1. The van der Waals surface area contributed by atoms with E-state index in [1.807, 2.05) is 12.1 Å². The molecule has 3 aromatic rings. The van der Waals surface area contributed by atoms with Crippen molar-refractivity contribution in [1.29, 1.82) is 0 Å². The Labute approximate surface area is 136 Å². The van der Waals surface area contributed by atoms with Crippen LogP contribution in [0.15, 0.2) is 30.5 Å². The molecule has 1 aromatic heterocycles. The third kappa shape index (κ3) is 1.49. The minimum atomic E-state index is -0.254. The molecule has 0 fully saturated rings. The highest BCUT2D eigenvalue weighted by atomic mass is 16.7. The zero-order valence-electron chi connectivity index (χ0n) is 12.6. The first-order valence-electron chi connectivity index (χ1n) is 7.36. The summed E-state index contributed by atoms with van der Waals surface area (Å²) in [7, 11) is 1.50. The average molecular weight is 321 g/mol. The fraction of sp³-hybridized carbons (Fsp3) is 0.111. The normalized spacial score (nSPS) is 14.0. The van der Waals surface area contributed by atoms with Gasteiger partial charge in [0.05, 0.1) is 7.11 Å². The molecule has 2 aromatic carbocycles. The minimum absolute atomic E-state index is 0.0423. The summed E-state index contributed by atoms with van der Waals surface area (Å²) in [6.07, 6.45) is 1.59. The molecule has 1 N–H and O–H groups in total. The molecular formula is C18H11NO5. The van der Waals surface area contributed by atoms with Crippen LogP contribution in [0.25, 0.3) is 21.9 Å². The average Bonchev–Trinajstić information content (AvgIpc) is 3.05. The highest BCUT2D eigenvalue weighted by molar-refractivity contribution is 6.26. The van der Waals surface area contributed by atoms with E-state index >= 15 is 0 Å². The van der Waals surface area contributed by atoms with Crippen molar-refractivity contribution in [2.24, 2.45) is 0 Å². The minimum Gasteiger partial charge on any atom is -0.508 e. The number of pyridine rings is 1. The molecule has 0 unspecified atom stereocenters. The maximum Gasteiger partial charge on any atom is 0.231 e. The Kier molecular flexibility index (Phi) is 2.41. The smallest absolute Gasteiger partial charge is 0.231 e. The molecule has 24 heavy (non-hydrogen) atoms. The Morgan fingerprint density at radius 2 is 2.08 bits per heavy atom. The number of phenolic OH excluding ortho intramolecular Hbond substituents is 1. The maximum absolute atomic E-state index is 12.9. The third-order valence-electron chi connectivity index (χ3n) is 4.40. The van der Waals surface area contributed by atoms with Crippen molar-refractivity contribution in [3.05, 3.63) is 41.7 Å². The summed E-state index contributed by atoms with van der Waals surface area (Å²) >= 11 is 0. The van der Waals surface area contributed by atoms with E-state index in [9.17, 15) is 9.90 Å². The van der Waals surface area contributed by atoms with Gasteiger partial charge in [0.2, 0.25) is 12.6 Å². The molecule has 6 heteroatoms. The van der Waals surface area contributed by atoms with Crippen molar-refractivity contribution in [1.82, 2.24) is 4.98 Å². The van der Waals surface area contributed by atoms with Crippen molar-refractivity contribution in [3.8, 4) is 34.1 Å². The summed E-state index contributed by atoms with van der Waals surface area (Å²) in [6.45, 7) is 0.116. The number of ether oxygens (including phenoxy) is 3. The van der Waals surface area contributed by atoms with Crippen LogP contribution in [0.2, 0.25) is 0 Å². The number of ketones is 1. The van der Waals surface area contributed by atoms with E-state index in [4.69, 9.17) is 14.2 Å². The molecule has 0 amide bonds. The van der Waals surface area contributed by atoms with Crippen molar-refractivity contribution in [2.75, 3.05) is 13.9 Å². The molecule has 0 saturated carbocycles. The van der Waals surface area contributed by atoms with Gasteiger partial charge in [-0.2, -0.15) is 0 Å². The standard InChI is InChI=1S/C18H11NO5/c1-22-11-6-9(20)5-10-14(11)15-13-8(2-3-19-16(13)17(10)21)4-12-18(15)24-7-23-12/h2-6,20H,7H2,1H3. The predicted octanol–water partition coefficient (Wildman–Crippen LogP) is 2.89. The predicted molar refractivity (Wildman–Crippen MR) is 85.0 cm³/mol. The number of hydrogen-bond donors (Lipinski definition) is 1. The lowest BCUT2D eigenvalue weighted by Crippen LogP contribution is -2.13. The van der Waals surface area contributed by atoms with Crippen LogP contribution in [-0.2, 0) is 0 Å². The van der Waals surface area contributed by atoms with Crippen LogP contribution in [-0.4, -0.2) is 29.8 Å². The van der Waals surface area contributed by atoms with Crippen LogP contribution >= 0.6 is 0 Å². The molecule has 2 aliphatic rings. The molecule has 1 aliphatic heterocycles. The van der Waals surface area contributed by atoms with Crippen LogP contribution in [0.4, 0.5) is 0 Å². The second-order valence-corrected chi connectivity index (χ2v) is 5.64. The SMILES string of the molecule is COc1cc(O)cc2c1-c1c3c(cc4ccnc(c14)C2=O)OCO3. The Hall–Kier alpha value is -3.28. The summed E-state index contributed by atoms with van der Waals surface area (Å²) in [5.41, 5.74) is 1.98. The van der Waals surface area contributed by atoms with Gasteiger partial charge < -0.3 is 19.3 Å². The van der Waals surface area contributed by atoms with Crippen LogP contribution in [0.3, 0.4) is 0 Å². The van der Waals surface area contributed by atoms with E-state index in [2.05, 4.69) is 4.98 Å². The van der Waals surface area contributed by atoms with Gasteiger partial charge in [0.25, 0.3) is 0 Å². The number of hydrogen-bond acceptors (Lipinski definition) is 6. The number of carbonyl (C=O) groups is 1. The van der Waals surface area contributed by atoms with Gasteiger partial charge >= 0.3 is 0 Å². The van der Waals surface area contributed by atoms with Crippen molar-refractivity contribution >= 4 is 16.6 Å². The summed E-state index contributed by atoms with van der Waals surface area (Å²) in [6, 6.07) is 6.58. The lowest BCUT2D eigenvalue weighted by atomic mass is 9.84. The first-order valence-corrected chi connectivity index (χ1v) is 7.36. The largest absolute Gasteiger partial charge is 0.508 e. The van der Waals surface area contributed by atoms with E-state index in [0.29, 0.717) is 39.5 Å². The van der Waals surface area contributed by atoms with Gasteiger partial charge in [-0.3, -0.25) is 9.78 Å². The van der Waals surface area contributed by atoms with Crippen molar-refractivity contribution < 1.29 is 24.1 Å². The summed E-state index contributed by atoms with van der Waals surface area (Å²) in [4.78, 5) is 17.2. The van der Waals surface area contributed by atoms with Gasteiger partial charge in [0.15, 0.2) is 11.5 Å². The zero-order chi connectivity index (χ0) is 16.4. The fourth-order valence-corrected chi connectivity index (χ4v) is 3.44. The Morgan fingerprint density at radius 1 is 1.21 bits per heavy atom. The highest BCUT2D eigenvalue weighted by Gasteiger charge is 2.35. The highest BCUT2D eigenvalue weighted by Crippen LogP contribution is 2.53. The van der Waals surface area contributed by atoms with Crippen molar-refractivity contribution in [2.45, 2.75) is 0 Å². The molecule has 0 radical (unpaired) electrons. The van der Waals surface area contributed by atoms with Gasteiger partial charge in [0.1, 0.15) is 17.2 Å². The van der Waals surface area contributed by atoms with E-state index in [0.717, 1.165) is 10.9 Å². The Bertz CT molecular complexity index is 1060. The second-order valence-electron chi connectivity index (χ2n) is 5.64. The summed E-state index contributed by atoms with van der Waals surface area (Å²) < 4.78 is 16.6. The van der Waals surface area contributed by atoms with E-state index in [-0.39, 0.29) is 18.3 Å². The summed E-state index contributed by atoms with van der Waals surface area (Å²) in [5.74, 6) is 1.29. The van der Waals surface area contributed by atoms with Crippen LogP contribution < -0.4 is 14.2 Å². The molecule has 0 atom stereocenters. The molecule has 5 rings (SSSR count). The monoisotopic (exact) mass is 321 g/mol. The number of nitrogens with zero attached hydrogens (tertiary/aromatic N) is 1. The number of benzene rings is 2. The Morgan fingerprint density at radius 3 is 2.92 bits per heavy atom. The number of rotatable bonds is 1. The van der Waals surface area contributed by atoms with Gasteiger partial charge in [-0.1, -0.05) is 0 Å². The number of phenols is 1. The molecule has 118 valence electrons. The molecule has 6 nitrogen and oxygen atoms in total. The van der Waals surface area contributed by atoms with Crippen molar-refractivity contribution in [3.63, 3.8) is 0 Å². The van der Waals surface area contributed by atoms with E-state index in [1.165, 1.54) is 19.2 Å². The molecule has 2 heterocycles. The molecule has 0 saturated heterocycles. The van der Waals surface area contributed by atoms with Gasteiger partial charge in [-0.05, 0) is 23.6 Å². The zero-order valence-corrected chi connectivity index (χ0v) is 12.6. The molecule has 0 bridgehead atoms. The van der Waals surface area contributed by atoms with Gasteiger partial charge in [-0.25, -0.2) is 0 Å². The molecule has 0 spiro atoms. The second kappa shape index (κ2) is 4.38. The summed E-state index contributed by atoms with van der Waals surface area (Å²) in [5, 5.41) is 11.5. The third-order valence-corrected chi connectivity index (χ3v) is 4.40. The molecular weight excluding hydrogens is 310 g/mol. The van der Waals surface area contributed by atoms with Crippen LogP contribution in [0.1, 0.15) is 16.1 Å². The van der Waals surface area contributed by atoms with Gasteiger partial charge in [-0.15, -0.1) is 0 Å². The van der Waals surface area contributed by atoms with Crippen LogP contribution in [0, 0.1) is 0 Å².